The first-order chi connectivity index (χ1) is 6.76. The predicted molar refractivity (Wildman–Crippen MR) is 64.3 cm³/mol. The van der Waals surface area contributed by atoms with E-state index in [9.17, 15) is 5.11 Å². The fourth-order valence-electron chi connectivity index (χ4n) is 1.62. The molecule has 0 unspecified atom stereocenters. The molecule has 1 nitrogen and oxygen atoms in total. The van der Waals surface area contributed by atoms with Crippen LogP contribution in [0.4, 0.5) is 0 Å². The number of aryl methyl sites for hydroxylation is 1. The summed E-state index contributed by atoms with van der Waals surface area (Å²) in [5.74, 6) is 0. The lowest BCUT2D eigenvalue weighted by atomic mass is 10.2. The van der Waals surface area contributed by atoms with E-state index >= 15 is 0 Å². The summed E-state index contributed by atoms with van der Waals surface area (Å²) in [6.45, 7) is 2.24. The predicted octanol–water partition coefficient (Wildman–Crippen LogP) is 3.42. The fourth-order valence-corrected chi connectivity index (χ4v) is 3.40. The van der Waals surface area contributed by atoms with E-state index in [1.54, 1.807) is 23.1 Å². The molecule has 0 aliphatic heterocycles. The summed E-state index contributed by atoms with van der Waals surface area (Å²) < 4.78 is 1.31. The monoisotopic (exact) mass is 224 g/mol. The molecule has 0 saturated heterocycles. The van der Waals surface area contributed by atoms with Gasteiger partial charge in [-0.15, -0.1) is 23.1 Å². The highest BCUT2D eigenvalue weighted by atomic mass is 32.2. The molecule has 0 radical (unpaired) electrons. The number of aliphatic hydroxyl groups is 1. The van der Waals surface area contributed by atoms with Crippen LogP contribution in [0.25, 0.3) is 10.1 Å². The van der Waals surface area contributed by atoms with Gasteiger partial charge in [-0.2, -0.15) is 0 Å². The van der Waals surface area contributed by atoms with Gasteiger partial charge in [0.2, 0.25) is 0 Å². The van der Waals surface area contributed by atoms with E-state index in [-0.39, 0.29) is 6.61 Å². The lowest BCUT2D eigenvalue weighted by Crippen LogP contribution is -1.86. The van der Waals surface area contributed by atoms with E-state index in [1.807, 2.05) is 6.07 Å². The third-order valence-electron chi connectivity index (χ3n) is 2.23. The van der Waals surface area contributed by atoms with Crippen LogP contribution in [0.2, 0.25) is 0 Å². The Balaban J connectivity index is 2.75. The molecule has 1 aromatic carbocycles. The maximum absolute atomic E-state index is 9.21. The molecule has 2 rings (SSSR count). The number of hydrogen-bond donors (Lipinski definition) is 1. The van der Waals surface area contributed by atoms with Crippen LogP contribution in [0, 0.1) is 6.92 Å². The van der Waals surface area contributed by atoms with Crippen LogP contribution in [-0.4, -0.2) is 11.4 Å². The highest BCUT2D eigenvalue weighted by Crippen LogP contribution is 2.35. The van der Waals surface area contributed by atoms with Crippen molar-refractivity contribution in [1.82, 2.24) is 0 Å². The molecule has 0 aliphatic rings. The normalized spacial score (nSPS) is 11.1. The van der Waals surface area contributed by atoms with Crippen molar-refractivity contribution in [2.45, 2.75) is 18.4 Å². The van der Waals surface area contributed by atoms with Crippen LogP contribution >= 0.6 is 23.1 Å². The molecular formula is C11H12OS2. The van der Waals surface area contributed by atoms with E-state index in [1.165, 1.54) is 19.9 Å². The highest BCUT2D eigenvalue weighted by molar-refractivity contribution is 7.98. The van der Waals surface area contributed by atoms with Gasteiger partial charge in [-0.25, -0.2) is 0 Å². The van der Waals surface area contributed by atoms with E-state index < -0.39 is 0 Å². The second-order valence-corrected chi connectivity index (χ2v) is 5.29. The van der Waals surface area contributed by atoms with Crippen molar-refractivity contribution in [1.29, 1.82) is 0 Å². The van der Waals surface area contributed by atoms with E-state index in [0.717, 1.165) is 5.56 Å². The smallest absolute Gasteiger partial charge is 0.0692 e. The topological polar surface area (TPSA) is 20.2 Å². The van der Waals surface area contributed by atoms with Crippen LogP contribution in [0.1, 0.15) is 10.4 Å². The molecule has 0 saturated carbocycles. The van der Waals surface area contributed by atoms with Gasteiger partial charge in [-0.3, -0.25) is 0 Å². The Bertz CT molecular complexity index is 460. The van der Waals surface area contributed by atoms with Gasteiger partial charge >= 0.3 is 0 Å². The van der Waals surface area contributed by atoms with Gasteiger partial charge < -0.3 is 5.11 Å². The number of aliphatic hydroxyl groups excluding tert-OH is 1. The largest absolute Gasteiger partial charge is 0.392 e. The van der Waals surface area contributed by atoms with Gasteiger partial charge in [0.1, 0.15) is 0 Å². The van der Waals surface area contributed by atoms with E-state index in [0.29, 0.717) is 0 Å². The average molecular weight is 224 g/mol. The fraction of sp³-hybridized carbons (Fsp3) is 0.273. The molecule has 0 bridgehead atoms. The molecule has 1 heterocycles. The quantitative estimate of drug-likeness (QED) is 0.789. The average Bonchev–Trinajstić information content (AvgIpc) is 2.56. The molecule has 2 aromatic rings. The molecular weight excluding hydrogens is 212 g/mol. The number of rotatable bonds is 2. The van der Waals surface area contributed by atoms with Crippen LogP contribution in [-0.2, 0) is 6.61 Å². The second kappa shape index (κ2) is 3.93. The maximum Gasteiger partial charge on any atom is 0.0692 e. The van der Waals surface area contributed by atoms with Gasteiger partial charge in [-0.1, -0.05) is 6.07 Å². The van der Waals surface area contributed by atoms with Gasteiger partial charge in [0.05, 0.1) is 6.61 Å². The summed E-state index contributed by atoms with van der Waals surface area (Å²) in [5.41, 5.74) is 1.03. The Kier molecular flexibility index (Phi) is 2.81. The Hall–Kier alpha value is -0.510. The van der Waals surface area contributed by atoms with Gasteiger partial charge in [0, 0.05) is 19.9 Å². The second-order valence-electron chi connectivity index (χ2n) is 3.18. The van der Waals surface area contributed by atoms with Crippen molar-refractivity contribution in [2.75, 3.05) is 6.26 Å². The number of fused-ring (bicyclic) bond motifs is 1. The molecule has 1 aromatic heterocycles. The Labute approximate surface area is 91.8 Å². The van der Waals surface area contributed by atoms with Crippen molar-refractivity contribution < 1.29 is 5.11 Å². The molecule has 0 spiro atoms. The number of thiophene rings is 1. The summed E-state index contributed by atoms with van der Waals surface area (Å²) in [7, 11) is 0. The van der Waals surface area contributed by atoms with Crippen molar-refractivity contribution in [3.05, 3.63) is 28.6 Å². The van der Waals surface area contributed by atoms with Crippen molar-refractivity contribution >= 4 is 33.2 Å². The Morgan fingerprint density at radius 2 is 2.21 bits per heavy atom. The molecule has 1 N–H and O–H groups in total. The minimum Gasteiger partial charge on any atom is -0.392 e. The first-order valence-electron chi connectivity index (χ1n) is 4.43. The molecule has 14 heavy (non-hydrogen) atoms. The zero-order valence-electron chi connectivity index (χ0n) is 8.20. The summed E-state index contributed by atoms with van der Waals surface area (Å²) in [6, 6.07) is 6.31. The molecule has 0 fully saturated rings. The van der Waals surface area contributed by atoms with E-state index in [2.05, 4.69) is 25.3 Å². The van der Waals surface area contributed by atoms with Crippen molar-refractivity contribution in [3.8, 4) is 0 Å². The van der Waals surface area contributed by atoms with Crippen LogP contribution < -0.4 is 0 Å². The summed E-state index contributed by atoms with van der Waals surface area (Å²) in [4.78, 5) is 2.54. The van der Waals surface area contributed by atoms with E-state index in [4.69, 9.17) is 0 Å². The SMILES string of the molecule is CSc1c(CO)ccc2sc(C)cc12. The lowest BCUT2D eigenvalue weighted by molar-refractivity contribution is 0.279. The third kappa shape index (κ3) is 1.56. The number of benzene rings is 1. The Morgan fingerprint density at radius 3 is 2.86 bits per heavy atom. The first-order valence-corrected chi connectivity index (χ1v) is 6.47. The molecule has 0 amide bonds. The highest BCUT2D eigenvalue weighted by Gasteiger charge is 2.07. The van der Waals surface area contributed by atoms with Crippen LogP contribution in [0.15, 0.2) is 23.1 Å². The zero-order valence-corrected chi connectivity index (χ0v) is 9.84. The molecule has 0 aliphatic carbocycles. The minimum absolute atomic E-state index is 0.126. The first kappa shape index (κ1) is 10.0. The standard InChI is InChI=1S/C11H12OS2/c1-7-5-9-10(14-7)4-3-8(6-12)11(9)13-2/h3-5,12H,6H2,1-2H3. The van der Waals surface area contributed by atoms with Crippen molar-refractivity contribution in [3.63, 3.8) is 0 Å². The van der Waals surface area contributed by atoms with Crippen LogP contribution in [0.3, 0.4) is 0 Å². The van der Waals surface area contributed by atoms with Gasteiger partial charge in [0.15, 0.2) is 0 Å². The molecule has 3 heteroatoms. The summed E-state index contributed by atoms with van der Waals surface area (Å²) in [5, 5.41) is 10.5. The van der Waals surface area contributed by atoms with Crippen molar-refractivity contribution in [2.24, 2.45) is 0 Å². The zero-order chi connectivity index (χ0) is 10.1. The third-order valence-corrected chi connectivity index (χ3v) is 4.14. The summed E-state index contributed by atoms with van der Waals surface area (Å²) >= 11 is 3.52. The Morgan fingerprint density at radius 1 is 1.43 bits per heavy atom. The summed E-state index contributed by atoms with van der Waals surface area (Å²) in [6.07, 6.45) is 2.06. The molecule has 74 valence electrons. The lowest BCUT2D eigenvalue weighted by Gasteiger charge is -2.05. The van der Waals surface area contributed by atoms with Gasteiger partial charge in [0.25, 0.3) is 0 Å². The minimum atomic E-state index is 0.126. The maximum atomic E-state index is 9.21. The number of hydrogen-bond acceptors (Lipinski definition) is 3. The number of thioether (sulfide) groups is 1. The van der Waals surface area contributed by atoms with Crippen LogP contribution in [0.5, 0.6) is 0 Å². The van der Waals surface area contributed by atoms with Gasteiger partial charge in [-0.05, 0) is 30.9 Å². The molecule has 0 atom stereocenters.